The zero-order valence-corrected chi connectivity index (χ0v) is 20.6. The molecule has 8 unspecified atom stereocenters. The molecule has 6 aliphatic rings. The van der Waals surface area contributed by atoms with Gasteiger partial charge in [0.25, 0.3) is 0 Å². The Morgan fingerprint density at radius 1 is 1.19 bits per heavy atom. The van der Waals surface area contributed by atoms with Crippen molar-refractivity contribution in [2.75, 3.05) is 13.7 Å². The number of aliphatic hydroxyl groups is 1. The summed E-state index contributed by atoms with van der Waals surface area (Å²) in [6, 6.07) is 4.23. The third kappa shape index (κ3) is 1.80. The summed E-state index contributed by atoms with van der Waals surface area (Å²) < 4.78 is 13.7. The molecule has 0 aromatic heterocycles. The molecule has 7 rings (SSSR count). The fourth-order valence-corrected chi connectivity index (χ4v) is 9.80. The first-order valence-corrected chi connectivity index (χ1v) is 12.4. The molecule has 2 aliphatic heterocycles. The minimum absolute atomic E-state index is 0.0500. The molecule has 4 bridgehead atoms. The number of rotatable bonds is 2. The van der Waals surface area contributed by atoms with E-state index >= 15 is 0 Å². The Labute approximate surface area is 191 Å². The highest BCUT2D eigenvalue weighted by atomic mass is 16.6. The Bertz CT molecular complexity index is 1010. The number of nitrogens with one attached hydrogen (secondary N) is 1. The lowest BCUT2D eigenvalue weighted by atomic mass is 9.28. The Balaban J connectivity index is 1.72. The van der Waals surface area contributed by atoms with Crippen molar-refractivity contribution in [3.63, 3.8) is 0 Å². The zero-order chi connectivity index (χ0) is 23.1. The first-order chi connectivity index (χ1) is 14.8. The van der Waals surface area contributed by atoms with Crippen LogP contribution in [0.1, 0.15) is 71.9 Å². The smallest absolute Gasteiger partial charge is 0.166 e. The number of ether oxygens (including phenoxy) is 2. The molecule has 0 radical (unpaired) electrons. The van der Waals surface area contributed by atoms with Gasteiger partial charge in [0.05, 0.1) is 11.0 Å². The van der Waals surface area contributed by atoms with Crippen LogP contribution in [0.3, 0.4) is 0 Å². The van der Waals surface area contributed by atoms with E-state index in [-0.39, 0.29) is 33.8 Å². The normalized spacial score (nSPS) is 47.6. The fourth-order valence-electron chi connectivity index (χ4n) is 9.80. The molecule has 3 N–H and O–H groups in total. The van der Waals surface area contributed by atoms with Crippen LogP contribution in [-0.4, -0.2) is 46.7 Å². The van der Waals surface area contributed by atoms with Gasteiger partial charge in [-0.25, -0.2) is 0 Å². The van der Waals surface area contributed by atoms with E-state index in [4.69, 9.17) is 9.47 Å². The van der Waals surface area contributed by atoms with E-state index < -0.39 is 16.8 Å². The van der Waals surface area contributed by atoms with Crippen molar-refractivity contribution < 1.29 is 19.7 Å². The van der Waals surface area contributed by atoms with Crippen LogP contribution in [0.4, 0.5) is 0 Å². The second-order valence-corrected chi connectivity index (χ2v) is 12.9. The highest BCUT2D eigenvalue weighted by Gasteiger charge is 2.87. The van der Waals surface area contributed by atoms with Gasteiger partial charge in [0.1, 0.15) is 11.2 Å². The van der Waals surface area contributed by atoms with Crippen molar-refractivity contribution in [3.8, 4) is 11.5 Å². The van der Waals surface area contributed by atoms with Crippen LogP contribution in [0.2, 0.25) is 0 Å². The van der Waals surface area contributed by atoms with Gasteiger partial charge in [-0.15, -0.1) is 0 Å². The van der Waals surface area contributed by atoms with Crippen molar-refractivity contribution in [2.24, 2.45) is 22.7 Å². The van der Waals surface area contributed by atoms with E-state index in [2.05, 4.69) is 46.0 Å². The maximum absolute atomic E-state index is 12.2. The quantitative estimate of drug-likeness (QED) is 0.649. The van der Waals surface area contributed by atoms with Crippen LogP contribution < -0.4 is 10.1 Å². The number of hydrogen-bond acceptors (Lipinski definition) is 5. The minimum Gasteiger partial charge on any atom is -0.504 e. The van der Waals surface area contributed by atoms with Gasteiger partial charge < -0.3 is 25.0 Å². The molecule has 1 aromatic carbocycles. The third-order valence-electron chi connectivity index (χ3n) is 11.4. The van der Waals surface area contributed by atoms with Gasteiger partial charge in [-0.05, 0) is 69.0 Å². The number of hydrogen-bond donors (Lipinski definition) is 3. The van der Waals surface area contributed by atoms with E-state index in [1.807, 2.05) is 14.0 Å². The van der Waals surface area contributed by atoms with Gasteiger partial charge in [0.15, 0.2) is 11.5 Å². The molecule has 2 spiro atoms. The number of methoxy groups -OCH3 is 1. The van der Waals surface area contributed by atoms with Crippen LogP contribution in [0.5, 0.6) is 11.5 Å². The minimum atomic E-state index is -0.954. The summed E-state index contributed by atoms with van der Waals surface area (Å²) in [4.78, 5) is 0. The second-order valence-electron chi connectivity index (χ2n) is 12.9. The molecule has 32 heavy (non-hydrogen) atoms. The lowest BCUT2D eigenvalue weighted by molar-refractivity contribution is -0.356. The molecule has 5 heteroatoms. The molecule has 0 amide bonds. The summed E-state index contributed by atoms with van der Waals surface area (Å²) in [6.45, 7) is 13.9. The van der Waals surface area contributed by atoms with E-state index in [0.29, 0.717) is 11.8 Å². The Morgan fingerprint density at radius 2 is 1.91 bits per heavy atom. The summed E-state index contributed by atoms with van der Waals surface area (Å²) in [5.41, 5.74) is -0.374. The van der Waals surface area contributed by atoms with E-state index in [1.54, 1.807) is 6.07 Å². The van der Waals surface area contributed by atoms with Gasteiger partial charge in [-0.1, -0.05) is 33.8 Å². The van der Waals surface area contributed by atoms with Gasteiger partial charge in [-0.2, -0.15) is 0 Å². The maximum Gasteiger partial charge on any atom is 0.166 e. The molecular formula is C27H39NO4. The number of fused-ring (bicyclic) bond motifs is 2. The number of piperidine rings is 1. The van der Waals surface area contributed by atoms with E-state index in [0.717, 1.165) is 32.2 Å². The summed E-state index contributed by atoms with van der Waals surface area (Å²) >= 11 is 0. The van der Waals surface area contributed by atoms with Gasteiger partial charge in [0.2, 0.25) is 0 Å². The lowest BCUT2D eigenvalue weighted by Crippen LogP contribution is -2.89. The summed E-state index contributed by atoms with van der Waals surface area (Å²) in [6.07, 6.45) is 3.86. The van der Waals surface area contributed by atoms with Crippen LogP contribution in [-0.2, 0) is 16.6 Å². The predicted octanol–water partition coefficient (Wildman–Crippen LogP) is 3.93. The zero-order valence-electron chi connectivity index (χ0n) is 20.6. The molecule has 4 aliphatic carbocycles. The standard InChI is InChI=1S/C27H39NO4/c1-15-13-25-14-18(23(5,30)22(2,3)4)27(15,31-7)24(6)26(25)10-11-28-19(25)12-16-8-9-17(29)21(32-24)20(16)26/h8-9,15,18-19,28-30H,10-14H2,1-7H3. The van der Waals surface area contributed by atoms with Crippen LogP contribution in [0.25, 0.3) is 0 Å². The second kappa shape index (κ2) is 5.67. The molecule has 3 saturated carbocycles. The lowest BCUT2D eigenvalue weighted by Gasteiger charge is -2.79. The molecule has 1 aromatic rings. The average Bonchev–Trinajstić information content (AvgIpc) is 2.98. The average molecular weight is 442 g/mol. The summed E-state index contributed by atoms with van der Waals surface area (Å²) in [5, 5.41) is 27.1. The summed E-state index contributed by atoms with van der Waals surface area (Å²) in [5.74, 6) is 1.01. The number of phenols is 1. The maximum atomic E-state index is 12.2. The third-order valence-corrected chi connectivity index (χ3v) is 11.4. The van der Waals surface area contributed by atoms with Crippen molar-refractivity contribution in [1.82, 2.24) is 5.32 Å². The summed E-state index contributed by atoms with van der Waals surface area (Å²) in [7, 11) is 1.82. The molecule has 4 fully saturated rings. The fraction of sp³-hybridized carbons (Fsp3) is 0.778. The molecule has 2 heterocycles. The Morgan fingerprint density at radius 3 is 2.56 bits per heavy atom. The van der Waals surface area contributed by atoms with Crippen molar-refractivity contribution in [1.29, 1.82) is 0 Å². The highest BCUT2D eigenvalue weighted by molar-refractivity contribution is 5.65. The van der Waals surface area contributed by atoms with Crippen molar-refractivity contribution in [2.45, 2.75) is 95.5 Å². The van der Waals surface area contributed by atoms with Crippen LogP contribution in [0, 0.1) is 22.7 Å². The number of phenolic OH excluding ortho intramolecular Hbond substituents is 1. The van der Waals surface area contributed by atoms with Crippen LogP contribution in [0.15, 0.2) is 12.1 Å². The van der Waals surface area contributed by atoms with Crippen molar-refractivity contribution in [3.05, 3.63) is 23.3 Å². The number of aromatic hydroxyl groups is 1. The van der Waals surface area contributed by atoms with Crippen molar-refractivity contribution >= 4 is 0 Å². The van der Waals surface area contributed by atoms with Gasteiger partial charge in [-0.3, -0.25) is 0 Å². The van der Waals surface area contributed by atoms with E-state index in [9.17, 15) is 10.2 Å². The largest absolute Gasteiger partial charge is 0.504 e. The predicted molar refractivity (Wildman–Crippen MR) is 123 cm³/mol. The Hall–Kier alpha value is -1.30. The molecule has 1 saturated heterocycles. The first-order valence-electron chi connectivity index (χ1n) is 12.4. The molecular weight excluding hydrogens is 402 g/mol. The molecule has 8 atom stereocenters. The number of benzene rings is 1. The van der Waals surface area contributed by atoms with Crippen LogP contribution >= 0.6 is 0 Å². The SMILES string of the molecule is COC12C(C)CC3(CC1C(C)(O)C(C)(C)C)C1Cc4ccc(O)c5c4C3(CCN1)C2(C)O5. The first kappa shape index (κ1) is 21.2. The monoisotopic (exact) mass is 441 g/mol. The topological polar surface area (TPSA) is 71.0 Å². The Kier molecular flexibility index (Phi) is 3.76. The molecule has 176 valence electrons. The van der Waals surface area contributed by atoms with Gasteiger partial charge >= 0.3 is 0 Å². The van der Waals surface area contributed by atoms with Gasteiger partial charge in [0, 0.05) is 30.0 Å². The van der Waals surface area contributed by atoms with E-state index in [1.165, 1.54) is 11.1 Å². The highest BCUT2D eigenvalue weighted by Crippen LogP contribution is 2.81. The molecule has 5 nitrogen and oxygen atoms in total.